The molecule has 0 radical (unpaired) electrons. The standard InChI is InChI=1S/C19H28N2O3.ClH/c1-19(12-20,14-8-9-14)21-18(22)13-7-10-16(17(11-13)23-2)24-15-5-3-4-6-15;/h7,10-11,14-15H,3-6,8-9,12,20H2,1-2H3,(H,21,22);1H. The highest BCUT2D eigenvalue weighted by molar-refractivity contribution is 5.95. The van der Waals surface area contributed by atoms with Crippen LogP contribution >= 0.6 is 12.4 Å². The molecule has 140 valence electrons. The molecule has 3 rings (SSSR count). The van der Waals surface area contributed by atoms with Gasteiger partial charge in [-0.15, -0.1) is 12.4 Å². The van der Waals surface area contributed by atoms with Gasteiger partial charge in [-0.1, -0.05) is 0 Å². The highest BCUT2D eigenvalue weighted by Crippen LogP contribution is 2.39. The van der Waals surface area contributed by atoms with Crippen molar-refractivity contribution in [1.82, 2.24) is 5.32 Å². The van der Waals surface area contributed by atoms with Crippen molar-refractivity contribution >= 4 is 18.3 Å². The van der Waals surface area contributed by atoms with Gasteiger partial charge in [0, 0.05) is 12.1 Å². The lowest BCUT2D eigenvalue weighted by atomic mass is 9.95. The Morgan fingerprint density at radius 2 is 1.92 bits per heavy atom. The van der Waals surface area contributed by atoms with Crippen LogP contribution in [0.1, 0.15) is 55.8 Å². The number of benzene rings is 1. The number of carbonyl (C=O) groups excluding carboxylic acids is 1. The average molecular weight is 369 g/mol. The van der Waals surface area contributed by atoms with Crippen molar-refractivity contribution in [3.8, 4) is 11.5 Å². The average Bonchev–Trinajstić information content (AvgIpc) is 3.34. The van der Waals surface area contributed by atoms with Crippen LogP contribution < -0.4 is 20.5 Å². The summed E-state index contributed by atoms with van der Waals surface area (Å²) in [6.07, 6.45) is 7.12. The maximum atomic E-state index is 12.6. The van der Waals surface area contributed by atoms with Crippen LogP contribution in [0.4, 0.5) is 0 Å². The Labute approximate surface area is 156 Å². The summed E-state index contributed by atoms with van der Waals surface area (Å²) in [4.78, 5) is 12.6. The van der Waals surface area contributed by atoms with E-state index < -0.39 is 0 Å². The summed E-state index contributed by atoms with van der Waals surface area (Å²) in [5.74, 6) is 1.69. The minimum atomic E-state index is -0.330. The van der Waals surface area contributed by atoms with Gasteiger partial charge in [-0.05, 0) is 69.6 Å². The van der Waals surface area contributed by atoms with E-state index in [1.54, 1.807) is 19.2 Å². The van der Waals surface area contributed by atoms with Crippen LogP contribution in [0.2, 0.25) is 0 Å². The Balaban J connectivity index is 0.00000225. The summed E-state index contributed by atoms with van der Waals surface area (Å²) in [6, 6.07) is 5.39. The van der Waals surface area contributed by atoms with Crippen LogP contribution in [-0.2, 0) is 0 Å². The first-order valence-electron chi connectivity index (χ1n) is 8.93. The summed E-state index contributed by atoms with van der Waals surface area (Å²) >= 11 is 0. The molecular formula is C19H29ClN2O3. The Morgan fingerprint density at radius 1 is 1.24 bits per heavy atom. The smallest absolute Gasteiger partial charge is 0.251 e. The molecular weight excluding hydrogens is 340 g/mol. The fraction of sp³-hybridized carbons (Fsp3) is 0.632. The Morgan fingerprint density at radius 3 is 2.48 bits per heavy atom. The third kappa shape index (κ3) is 4.59. The minimum absolute atomic E-state index is 0. The predicted molar refractivity (Wildman–Crippen MR) is 101 cm³/mol. The van der Waals surface area contributed by atoms with Gasteiger partial charge < -0.3 is 20.5 Å². The quantitative estimate of drug-likeness (QED) is 0.774. The van der Waals surface area contributed by atoms with Gasteiger partial charge >= 0.3 is 0 Å². The molecule has 6 heteroatoms. The van der Waals surface area contributed by atoms with E-state index in [4.69, 9.17) is 15.2 Å². The van der Waals surface area contributed by atoms with E-state index in [1.165, 1.54) is 12.8 Å². The number of amides is 1. The lowest BCUT2D eigenvalue weighted by molar-refractivity contribution is 0.0897. The molecule has 1 amide bonds. The minimum Gasteiger partial charge on any atom is -0.493 e. The van der Waals surface area contributed by atoms with Gasteiger partial charge in [0.1, 0.15) is 0 Å². The van der Waals surface area contributed by atoms with Crippen LogP contribution in [0.5, 0.6) is 11.5 Å². The second-order valence-electron chi connectivity index (χ2n) is 7.24. The molecule has 0 bridgehead atoms. The zero-order valence-electron chi connectivity index (χ0n) is 15.0. The topological polar surface area (TPSA) is 73.6 Å². The van der Waals surface area contributed by atoms with Crippen LogP contribution in [-0.4, -0.2) is 31.2 Å². The van der Waals surface area contributed by atoms with Gasteiger partial charge in [-0.3, -0.25) is 4.79 Å². The van der Waals surface area contributed by atoms with E-state index in [-0.39, 0.29) is 30.0 Å². The van der Waals surface area contributed by atoms with Gasteiger partial charge in [-0.2, -0.15) is 0 Å². The van der Waals surface area contributed by atoms with E-state index in [9.17, 15) is 4.79 Å². The molecule has 2 saturated carbocycles. The molecule has 0 aromatic heterocycles. The predicted octanol–water partition coefficient (Wildman–Crippen LogP) is 3.30. The molecule has 0 aliphatic heterocycles. The van der Waals surface area contributed by atoms with Crippen LogP contribution in [0.15, 0.2) is 18.2 Å². The van der Waals surface area contributed by atoms with Gasteiger partial charge in [0.15, 0.2) is 11.5 Å². The summed E-state index contributed by atoms with van der Waals surface area (Å²) in [5.41, 5.74) is 6.13. The second kappa shape index (κ2) is 8.28. The summed E-state index contributed by atoms with van der Waals surface area (Å²) in [7, 11) is 1.60. The number of rotatable bonds is 7. The first kappa shape index (κ1) is 19.9. The third-order valence-electron chi connectivity index (χ3n) is 5.32. The van der Waals surface area contributed by atoms with E-state index in [0.29, 0.717) is 29.5 Å². The van der Waals surface area contributed by atoms with Crippen molar-refractivity contribution in [2.45, 2.75) is 57.1 Å². The SMILES string of the molecule is COc1cc(C(=O)NC(C)(CN)C2CC2)ccc1OC1CCCC1.Cl. The number of nitrogens with one attached hydrogen (secondary N) is 1. The van der Waals surface area contributed by atoms with E-state index in [2.05, 4.69) is 5.32 Å². The fourth-order valence-electron chi connectivity index (χ4n) is 3.46. The highest BCUT2D eigenvalue weighted by atomic mass is 35.5. The maximum absolute atomic E-state index is 12.6. The molecule has 0 saturated heterocycles. The van der Waals surface area contributed by atoms with E-state index >= 15 is 0 Å². The third-order valence-corrected chi connectivity index (χ3v) is 5.32. The van der Waals surface area contributed by atoms with Crippen molar-refractivity contribution in [3.05, 3.63) is 23.8 Å². The lowest BCUT2D eigenvalue weighted by Crippen LogP contribution is -2.53. The highest BCUT2D eigenvalue weighted by Gasteiger charge is 2.41. The number of hydrogen-bond acceptors (Lipinski definition) is 4. The van der Waals surface area contributed by atoms with Crippen molar-refractivity contribution in [2.75, 3.05) is 13.7 Å². The molecule has 1 aromatic carbocycles. The summed E-state index contributed by atoms with van der Waals surface area (Å²) in [6.45, 7) is 2.47. The monoisotopic (exact) mass is 368 g/mol. The second-order valence-corrected chi connectivity index (χ2v) is 7.24. The molecule has 2 fully saturated rings. The molecule has 3 N–H and O–H groups in total. The van der Waals surface area contributed by atoms with Crippen LogP contribution in [0.25, 0.3) is 0 Å². The molecule has 0 spiro atoms. The molecule has 2 aliphatic rings. The van der Waals surface area contributed by atoms with Crippen molar-refractivity contribution in [1.29, 1.82) is 0 Å². The number of nitrogens with two attached hydrogens (primary N) is 1. The molecule has 25 heavy (non-hydrogen) atoms. The normalized spacial score (nSPS) is 19.6. The summed E-state index contributed by atoms with van der Waals surface area (Å²) in [5, 5.41) is 3.10. The Bertz CT molecular complexity index is 600. The van der Waals surface area contributed by atoms with Gasteiger partial charge in [0.2, 0.25) is 0 Å². The van der Waals surface area contributed by atoms with Gasteiger partial charge in [-0.25, -0.2) is 0 Å². The fourth-order valence-corrected chi connectivity index (χ4v) is 3.46. The first-order valence-corrected chi connectivity index (χ1v) is 8.93. The number of methoxy groups -OCH3 is 1. The number of carbonyl (C=O) groups is 1. The first-order chi connectivity index (χ1) is 11.6. The number of ether oxygens (including phenoxy) is 2. The molecule has 1 atom stereocenters. The maximum Gasteiger partial charge on any atom is 0.251 e. The number of halogens is 1. The largest absolute Gasteiger partial charge is 0.493 e. The van der Waals surface area contributed by atoms with Crippen molar-refractivity contribution < 1.29 is 14.3 Å². The van der Waals surface area contributed by atoms with E-state index in [0.717, 1.165) is 25.7 Å². The molecule has 1 unspecified atom stereocenters. The van der Waals surface area contributed by atoms with Gasteiger partial charge in [0.25, 0.3) is 5.91 Å². The summed E-state index contributed by atoms with van der Waals surface area (Å²) < 4.78 is 11.5. The lowest BCUT2D eigenvalue weighted by Gasteiger charge is -2.29. The van der Waals surface area contributed by atoms with Crippen molar-refractivity contribution in [3.63, 3.8) is 0 Å². The zero-order chi connectivity index (χ0) is 17.2. The Hall–Kier alpha value is -1.46. The van der Waals surface area contributed by atoms with Gasteiger partial charge in [0.05, 0.1) is 18.8 Å². The van der Waals surface area contributed by atoms with Crippen molar-refractivity contribution in [2.24, 2.45) is 11.7 Å². The Kier molecular flexibility index (Phi) is 6.58. The number of hydrogen-bond donors (Lipinski definition) is 2. The van der Waals surface area contributed by atoms with E-state index in [1.807, 2.05) is 13.0 Å². The van der Waals surface area contributed by atoms with Crippen LogP contribution in [0.3, 0.4) is 0 Å². The molecule has 1 aromatic rings. The molecule has 0 heterocycles. The van der Waals surface area contributed by atoms with Crippen LogP contribution in [0, 0.1) is 5.92 Å². The molecule has 2 aliphatic carbocycles. The molecule has 5 nitrogen and oxygen atoms in total. The zero-order valence-corrected chi connectivity index (χ0v) is 15.9.